The molecule has 32 heavy (non-hydrogen) atoms. The highest BCUT2D eigenvalue weighted by Crippen LogP contribution is 2.31. The lowest BCUT2D eigenvalue weighted by Gasteiger charge is -2.32. The van der Waals surface area contributed by atoms with E-state index in [1.807, 2.05) is 13.8 Å². The molecule has 1 aromatic carbocycles. The third-order valence-electron chi connectivity index (χ3n) is 5.52. The first-order valence-electron chi connectivity index (χ1n) is 10.3. The van der Waals surface area contributed by atoms with Crippen molar-refractivity contribution in [2.75, 3.05) is 26.2 Å². The maximum absolute atomic E-state index is 13.5. The van der Waals surface area contributed by atoms with Gasteiger partial charge in [-0.2, -0.15) is 4.31 Å². The SMILES string of the molecule is CC(C)CCN([C@@H]1CN(C(=O)[O-])C[C@H]1CCCN=[N+]=N)S(=O)(=O)c1ccc([N+](=O)[O-])cc1. The van der Waals surface area contributed by atoms with Gasteiger partial charge in [-0.25, -0.2) is 8.42 Å². The van der Waals surface area contributed by atoms with Crippen molar-refractivity contribution in [1.82, 2.24) is 14.1 Å². The Labute approximate surface area is 186 Å². The van der Waals surface area contributed by atoms with Gasteiger partial charge in [0.1, 0.15) is 23.3 Å². The molecule has 0 spiro atoms. The molecule has 1 fully saturated rings. The molecule has 1 aliphatic heterocycles. The summed E-state index contributed by atoms with van der Waals surface area (Å²) in [7, 11) is -4.04. The van der Waals surface area contributed by atoms with Gasteiger partial charge in [0.15, 0.2) is 0 Å². The molecule has 1 amide bonds. The summed E-state index contributed by atoms with van der Waals surface area (Å²) < 4.78 is 28.4. The zero-order valence-corrected chi connectivity index (χ0v) is 18.9. The Morgan fingerprint density at radius 2 is 2.00 bits per heavy atom. The lowest BCUT2D eigenvalue weighted by atomic mass is 9.97. The van der Waals surface area contributed by atoms with E-state index in [2.05, 4.69) is 10.0 Å². The van der Waals surface area contributed by atoms with Crippen LogP contribution < -0.4 is 10.0 Å². The molecule has 0 bridgehead atoms. The van der Waals surface area contributed by atoms with Crippen molar-refractivity contribution in [2.24, 2.45) is 17.0 Å². The molecule has 0 unspecified atom stereocenters. The van der Waals surface area contributed by atoms with Gasteiger partial charge in [-0.15, -0.1) is 0 Å². The van der Waals surface area contributed by atoms with Crippen LogP contribution in [0, 0.1) is 27.5 Å². The standard InChI is InChI=1S/C19H28N6O6S/c1-14(2)9-11-24(32(30,31)17-7-5-16(6-8-17)25(28)29)18-13-23(19(26)27)12-15(18)4-3-10-21-22-20/h5-8,14-15,18,20H,3-4,9-13H2,1-2H3/t15-,18-/m1/s1. The Kier molecular flexibility index (Phi) is 8.81. The van der Waals surface area contributed by atoms with Crippen molar-refractivity contribution in [2.45, 2.75) is 44.0 Å². The summed E-state index contributed by atoms with van der Waals surface area (Å²) in [6, 6.07) is 4.06. The summed E-state index contributed by atoms with van der Waals surface area (Å²) in [6.07, 6.45) is 0.231. The zero-order chi connectivity index (χ0) is 23.9. The van der Waals surface area contributed by atoms with Crippen molar-refractivity contribution in [1.29, 1.82) is 5.53 Å². The van der Waals surface area contributed by atoms with E-state index in [0.29, 0.717) is 25.8 Å². The molecule has 1 saturated heterocycles. The smallest absolute Gasteiger partial charge is 0.269 e. The average Bonchev–Trinajstić information content (AvgIpc) is 3.15. The molecule has 12 nitrogen and oxygen atoms in total. The van der Waals surface area contributed by atoms with E-state index in [4.69, 9.17) is 5.53 Å². The number of likely N-dealkylation sites (tertiary alicyclic amines) is 1. The van der Waals surface area contributed by atoms with Crippen LogP contribution in [-0.2, 0) is 10.0 Å². The molecular formula is C19H28N6O6S. The van der Waals surface area contributed by atoms with E-state index in [1.54, 1.807) is 0 Å². The fourth-order valence-electron chi connectivity index (χ4n) is 3.81. The van der Waals surface area contributed by atoms with Crippen LogP contribution in [0.1, 0.15) is 33.1 Å². The third kappa shape index (κ3) is 6.31. The maximum atomic E-state index is 13.5. The Morgan fingerprint density at radius 3 is 2.53 bits per heavy atom. The molecule has 1 aliphatic rings. The van der Waals surface area contributed by atoms with Crippen LogP contribution in [0.2, 0.25) is 0 Å². The summed E-state index contributed by atoms with van der Waals surface area (Å²) in [6.45, 7) is 4.52. The predicted octanol–water partition coefficient (Wildman–Crippen LogP) is 1.61. The number of nitro groups is 1. The van der Waals surface area contributed by atoms with Crippen molar-refractivity contribution in [3.05, 3.63) is 34.4 Å². The zero-order valence-electron chi connectivity index (χ0n) is 18.1. The molecule has 0 radical (unpaired) electrons. The number of sulfonamides is 1. The largest absolute Gasteiger partial charge is 0.530 e. The number of carbonyl (C=O) groups is 1. The second kappa shape index (κ2) is 11.1. The number of nitrogens with one attached hydrogen (secondary N) is 1. The molecule has 13 heteroatoms. The lowest BCUT2D eigenvalue weighted by molar-refractivity contribution is -0.384. The molecule has 1 aromatic rings. The van der Waals surface area contributed by atoms with Crippen LogP contribution in [0.3, 0.4) is 0 Å². The van der Waals surface area contributed by atoms with Crippen molar-refractivity contribution in [3.8, 4) is 0 Å². The number of amides is 1. The van der Waals surface area contributed by atoms with Crippen LogP contribution in [0.25, 0.3) is 0 Å². The molecule has 176 valence electrons. The second-order valence-electron chi connectivity index (χ2n) is 8.15. The Balaban J connectivity index is 2.39. The highest BCUT2D eigenvalue weighted by molar-refractivity contribution is 7.89. The normalized spacial score (nSPS) is 18.7. The van der Waals surface area contributed by atoms with Crippen LogP contribution in [-0.4, -0.2) is 60.9 Å². The van der Waals surface area contributed by atoms with Gasteiger partial charge < -0.3 is 14.8 Å². The fraction of sp³-hybridized carbons (Fsp3) is 0.632. The van der Waals surface area contributed by atoms with E-state index in [1.165, 1.54) is 16.4 Å². The maximum Gasteiger partial charge on any atom is 0.269 e. The summed E-state index contributed by atoms with van der Waals surface area (Å²) in [5, 5.41) is 26.0. The van der Waals surface area contributed by atoms with Crippen LogP contribution in [0.4, 0.5) is 10.5 Å². The first kappa shape index (κ1) is 25.4. The number of nitro benzene ring substituents is 1. The summed E-state index contributed by atoms with van der Waals surface area (Å²) in [4.78, 5) is 25.8. The number of carbonyl (C=O) groups excluding carboxylic acids is 1. The molecule has 1 heterocycles. The highest BCUT2D eigenvalue weighted by Gasteiger charge is 2.41. The minimum absolute atomic E-state index is 0.0166. The van der Waals surface area contributed by atoms with Gasteiger partial charge in [-0.3, -0.25) is 10.1 Å². The Morgan fingerprint density at radius 1 is 1.34 bits per heavy atom. The molecule has 0 saturated carbocycles. The summed E-state index contributed by atoms with van der Waals surface area (Å²) >= 11 is 0. The van der Waals surface area contributed by atoms with Gasteiger partial charge in [0, 0.05) is 37.8 Å². The number of non-ortho nitro benzene ring substituents is 1. The minimum atomic E-state index is -4.04. The number of rotatable bonds is 11. The van der Waals surface area contributed by atoms with Gasteiger partial charge in [0.2, 0.25) is 14.9 Å². The van der Waals surface area contributed by atoms with E-state index >= 15 is 0 Å². The van der Waals surface area contributed by atoms with Gasteiger partial charge in [0.05, 0.1) is 9.82 Å². The second-order valence-corrected chi connectivity index (χ2v) is 10.0. The highest BCUT2D eigenvalue weighted by atomic mass is 32.2. The number of nitrogens with zero attached hydrogens (tertiary/aromatic N) is 5. The van der Waals surface area contributed by atoms with E-state index in [0.717, 1.165) is 17.0 Å². The number of benzene rings is 1. The lowest BCUT2D eigenvalue weighted by Crippen LogP contribution is -2.47. The number of hydrogen-bond donors (Lipinski definition) is 1. The average molecular weight is 469 g/mol. The van der Waals surface area contributed by atoms with Gasteiger partial charge in [-0.1, -0.05) is 13.8 Å². The van der Waals surface area contributed by atoms with Crippen LogP contribution >= 0.6 is 0 Å². The van der Waals surface area contributed by atoms with Crippen molar-refractivity contribution >= 4 is 21.8 Å². The summed E-state index contributed by atoms with van der Waals surface area (Å²) in [5.74, 6) is -0.0760. The molecule has 2 atom stereocenters. The number of carboxylic acid groups (broad SMARTS) is 1. The monoisotopic (exact) mass is 468 g/mol. The molecule has 0 aliphatic carbocycles. The quantitative estimate of drug-likeness (QED) is 0.170. The van der Waals surface area contributed by atoms with Gasteiger partial charge in [-0.05, 0) is 43.2 Å². The molecular weight excluding hydrogens is 440 g/mol. The Bertz CT molecular complexity index is 961. The topological polar surface area (TPSA) is 174 Å². The first-order chi connectivity index (χ1) is 15.1. The van der Waals surface area contributed by atoms with E-state index in [9.17, 15) is 28.4 Å². The Hall–Kier alpha value is -2.89. The van der Waals surface area contributed by atoms with Crippen LogP contribution in [0.15, 0.2) is 34.3 Å². The van der Waals surface area contributed by atoms with Gasteiger partial charge in [0.25, 0.3) is 5.69 Å². The fourth-order valence-corrected chi connectivity index (χ4v) is 5.50. The summed E-state index contributed by atoms with van der Waals surface area (Å²) in [5.41, 5.74) is 6.52. The molecule has 0 aromatic heterocycles. The van der Waals surface area contributed by atoms with Crippen molar-refractivity contribution < 1.29 is 23.2 Å². The van der Waals surface area contributed by atoms with E-state index in [-0.39, 0.29) is 42.1 Å². The minimum Gasteiger partial charge on any atom is -0.530 e. The predicted molar refractivity (Wildman–Crippen MR) is 112 cm³/mol. The number of hydrogen-bond acceptors (Lipinski definition) is 8. The van der Waals surface area contributed by atoms with Gasteiger partial charge >= 0.3 is 0 Å². The van der Waals surface area contributed by atoms with Crippen molar-refractivity contribution in [3.63, 3.8) is 0 Å². The molecule has 1 N–H and O–H groups in total. The van der Waals surface area contributed by atoms with E-state index < -0.39 is 27.1 Å². The third-order valence-corrected chi connectivity index (χ3v) is 7.46. The molecule has 2 rings (SSSR count). The first-order valence-corrected chi connectivity index (χ1v) is 11.8. The van der Waals surface area contributed by atoms with Crippen LogP contribution in [0.5, 0.6) is 0 Å².